The molecule has 0 aliphatic heterocycles. The van der Waals surface area contributed by atoms with E-state index in [0.29, 0.717) is 18.8 Å². The van der Waals surface area contributed by atoms with Crippen LogP contribution in [0.2, 0.25) is 0 Å². The Morgan fingerprint density at radius 2 is 2.24 bits per heavy atom. The Hall–Kier alpha value is -1.35. The minimum atomic E-state index is -0.329. The van der Waals surface area contributed by atoms with Crippen LogP contribution in [-0.2, 0) is 6.42 Å². The van der Waals surface area contributed by atoms with Gasteiger partial charge in [0.2, 0.25) is 0 Å². The Morgan fingerprint density at radius 3 is 2.76 bits per heavy atom. The standard InChI is InChI=1S/C14H20FNO/c1-10(2)6-7-17-14-5-4-12(8-11(3)16)9-13(14)15/h4-5,9,11H,1,6-8,16H2,2-3H3. The van der Waals surface area contributed by atoms with Crippen LogP contribution < -0.4 is 10.5 Å². The molecule has 0 saturated heterocycles. The first-order valence-corrected chi connectivity index (χ1v) is 5.80. The van der Waals surface area contributed by atoms with E-state index in [1.807, 2.05) is 19.9 Å². The normalized spacial score (nSPS) is 12.2. The monoisotopic (exact) mass is 237 g/mol. The first-order chi connectivity index (χ1) is 7.99. The maximum absolute atomic E-state index is 13.6. The fourth-order valence-electron chi connectivity index (χ4n) is 1.50. The highest BCUT2D eigenvalue weighted by molar-refractivity contribution is 5.29. The number of benzene rings is 1. The summed E-state index contributed by atoms with van der Waals surface area (Å²) >= 11 is 0. The molecule has 1 aromatic carbocycles. The van der Waals surface area contributed by atoms with E-state index >= 15 is 0 Å². The maximum atomic E-state index is 13.6. The highest BCUT2D eigenvalue weighted by atomic mass is 19.1. The SMILES string of the molecule is C=C(C)CCOc1ccc(CC(C)N)cc1F. The second kappa shape index (κ2) is 6.40. The van der Waals surface area contributed by atoms with Gasteiger partial charge in [0.1, 0.15) is 0 Å². The predicted molar refractivity (Wildman–Crippen MR) is 68.7 cm³/mol. The van der Waals surface area contributed by atoms with Crippen molar-refractivity contribution in [3.63, 3.8) is 0 Å². The Balaban J connectivity index is 2.59. The molecule has 0 bridgehead atoms. The lowest BCUT2D eigenvalue weighted by Gasteiger charge is -2.10. The van der Waals surface area contributed by atoms with Crippen molar-refractivity contribution in [3.8, 4) is 5.75 Å². The molecule has 3 heteroatoms. The number of hydrogen-bond donors (Lipinski definition) is 1. The van der Waals surface area contributed by atoms with E-state index in [0.717, 1.165) is 17.6 Å². The van der Waals surface area contributed by atoms with Crippen LogP contribution >= 0.6 is 0 Å². The maximum Gasteiger partial charge on any atom is 0.165 e. The van der Waals surface area contributed by atoms with Crippen LogP contribution in [0.5, 0.6) is 5.75 Å². The Labute approximate surface area is 102 Å². The lowest BCUT2D eigenvalue weighted by atomic mass is 10.1. The van der Waals surface area contributed by atoms with Crippen molar-refractivity contribution >= 4 is 0 Å². The first kappa shape index (κ1) is 13.7. The van der Waals surface area contributed by atoms with Crippen molar-refractivity contribution in [3.05, 3.63) is 41.7 Å². The summed E-state index contributed by atoms with van der Waals surface area (Å²) in [6.45, 7) is 8.05. The van der Waals surface area contributed by atoms with E-state index in [2.05, 4.69) is 6.58 Å². The Morgan fingerprint density at radius 1 is 1.53 bits per heavy atom. The summed E-state index contributed by atoms with van der Waals surface area (Å²) in [6.07, 6.45) is 1.41. The van der Waals surface area contributed by atoms with Gasteiger partial charge >= 0.3 is 0 Å². The molecule has 17 heavy (non-hydrogen) atoms. The van der Waals surface area contributed by atoms with Crippen molar-refractivity contribution in [2.75, 3.05) is 6.61 Å². The van der Waals surface area contributed by atoms with Gasteiger partial charge in [-0.05, 0) is 38.0 Å². The second-order valence-corrected chi connectivity index (χ2v) is 4.50. The topological polar surface area (TPSA) is 35.2 Å². The molecule has 2 nitrogen and oxygen atoms in total. The van der Waals surface area contributed by atoms with Crippen molar-refractivity contribution in [1.29, 1.82) is 0 Å². The van der Waals surface area contributed by atoms with Gasteiger partial charge in [0.15, 0.2) is 11.6 Å². The zero-order chi connectivity index (χ0) is 12.8. The van der Waals surface area contributed by atoms with Crippen LogP contribution in [0, 0.1) is 5.82 Å². The molecule has 0 radical (unpaired) electrons. The molecule has 1 unspecified atom stereocenters. The van der Waals surface area contributed by atoms with Crippen molar-refractivity contribution < 1.29 is 9.13 Å². The number of halogens is 1. The summed E-state index contributed by atoms with van der Waals surface area (Å²) in [7, 11) is 0. The molecule has 2 N–H and O–H groups in total. The highest BCUT2D eigenvalue weighted by Crippen LogP contribution is 2.19. The molecule has 1 atom stereocenters. The first-order valence-electron chi connectivity index (χ1n) is 5.80. The Kier molecular flexibility index (Phi) is 5.16. The minimum Gasteiger partial charge on any atom is -0.490 e. The van der Waals surface area contributed by atoms with Gasteiger partial charge in [0.25, 0.3) is 0 Å². The summed E-state index contributed by atoms with van der Waals surface area (Å²) in [4.78, 5) is 0. The van der Waals surface area contributed by atoms with Gasteiger partial charge in [-0.1, -0.05) is 11.6 Å². The molecule has 0 heterocycles. The second-order valence-electron chi connectivity index (χ2n) is 4.50. The average Bonchev–Trinajstić information content (AvgIpc) is 2.20. The highest BCUT2D eigenvalue weighted by Gasteiger charge is 2.06. The van der Waals surface area contributed by atoms with Crippen molar-refractivity contribution in [1.82, 2.24) is 0 Å². The molecule has 0 aliphatic carbocycles. The fourth-order valence-corrected chi connectivity index (χ4v) is 1.50. The van der Waals surface area contributed by atoms with Gasteiger partial charge in [-0.3, -0.25) is 0 Å². The predicted octanol–water partition coefficient (Wildman–Crippen LogP) is 3.06. The summed E-state index contributed by atoms with van der Waals surface area (Å²) in [5, 5.41) is 0. The van der Waals surface area contributed by atoms with Gasteiger partial charge in [-0.15, -0.1) is 6.58 Å². The molecular weight excluding hydrogens is 217 g/mol. The molecule has 94 valence electrons. The van der Waals surface area contributed by atoms with Crippen LogP contribution in [0.25, 0.3) is 0 Å². The summed E-state index contributed by atoms with van der Waals surface area (Å²) in [5.41, 5.74) is 7.58. The van der Waals surface area contributed by atoms with E-state index in [-0.39, 0.29) is 11.9 Å². The lowest BCUT2D eigenvalue weighted by molar-refractivity contribution is 0.305. The van der Waals surface area contributed by atoms with Gasteiger partial charge in [-0.25, -0.2) is 4.39 Å². The third kappa shape index (κ3) is 5.00. The quantitative estimate of drug-likeness (QED) is 0.772. The van der Waals surface area contributed by atoms with E-state index < -0.39 is 0 Å². The van der Waals surface area contributed by atoms with Gasteiger partial charge in [-0.2, -0.15) is 0 Å². The summed E-state index contributed by atoms with van der Waals surface area (Å²) in [6, 6.07) is 5.03. The molecule has 0 fully saturated rings. The number of nitrogens with two attached hydrogens (primary N) is 1. The number of hydrogen-bond acceptors (Lipinski definition) is 2. The summed E-state index contributed by atoms with van der Waals surface area (Å²) < 4.78 is 19.0. The zero-order valence-corrected chi connectivity index (χ0v) is 10.5. The van der Waals surface area contributed by atoms with E-state index in [4.69, 9.17) is 10.5 Å². The fraction of sp³-hybridized carbons (Fsp3) is 0.429. The molecule has 1 aromatic rings. The third-order valence-corrected chi connectivity index (χ3v) is 2.34. The molecule has 0 amide bonds. The zero-order valence-electron chi connectivity index (χ0n) is 10.5. The van der Waals surface area contributed by atoms with Gasteiger partial charge < -0.3 is 10.5 Å². The molecule has 0 saturated carbocycles. The van der Waals surface area contributed by atoms with Crippen molar-refractivity contribution in [2.45, 2.75) is 32.7 Å². The molecule has 1 rings (SSSR count). The third-order valence-electron chi connectivity index (χ3n) is 2.34. The van der Waals surface area contributed by atoms with E-state index in [9.17, 15) is 4.39 Å². The smallest absolute Gasteiger partial charge is 0.165 e. The van der Waals surface area contributed by atoms with Crippen LogP contribution in [0.4, 0.5) is 4.39 Å². The van der Waals surface area contributed by atoms with Crippen LogP contribution in [-0.4, -0.2) is 12.6 Å². The Bertz CT molecular complexity index is 388. The lowest BCUT2D eigenvalue weighted by Crippen LogP contribution is -2.17. The van der Waals surface area contributed by atoms with Crippen LogP contribution in [0.3, 0.4) is 0 Å². The average molecular weight is 237 g/mol. The minimum absolute atomic E-state index is 0.0320. The van der Waals surface area contributed by atoms with Crippen molar-refractivity contribution in [2.24, 2.45) is 5.73 Å². The van der Waals surface area contributed by atoms with E-state index in [1.54, 1.807) is 6.07 Å². The van der Waals surface area contributed by atoms with E-state index in [1.165, 1.54) is 6.07 Å². The molecule has 0 spiro atoms. The van der Waals surface area contributed by atoms with Crippen LogP contribution in [0.15, 0.2) is 30.4 Å². The van der Waals surface area contributed by atoms with Gasteiger partial charge in [0.05, 0.1) is 6.61 Å². The number of ether oxygens (including phenoxy) is 1. The molecule has 0 aromatic heterocycles. The summed E-state index contributed by atoms with van der Waals surface area (Å²) in [5.74, 6) is -0.0375. The van der Waals surface area contributed by atoms with Crippen LogP contribution in [0.1, 0.15) is 25.8 Å². The van der Waals surface area contributed by atoms with Gasteiger partial charge in [0, 0.05) is 12.5 Å². The largest absolute Gasteiger partial charge is 0.490 e. The molecule has 0 aliphatic rings. The molecular formula is C14H20FNO. The number of rotatable bonds is 6.